The smallest absolute Gasteiger partial charge is 0.220 e. The summed E-state index contributed by atoms with van der Waals surface area (Å²) in [5.41, 5.74) is 5.17. The van der Waals surface area contributed by atoms with Crippen molar-refractivity contribution in [3.8, 4) is 0 Å². The molecule has 0 unspecified atom stereocenters. The molecule has 0 heterocycles. The lowest BCUT2D eigenvalue weighted by Gasteiger charge is -2.06. The van der Waals surface area contributed by atoms with Gasteiger partial charge in [-0.05, 0) is 6.42 Å². The van der Waals surface area contributed by atoms with Crippen molar-refractivity contribution in [3.05, 3.63) is 0 Å². The molecule has 106 valence electrons. The highest BCUT2D eigenvalue weighted by molar-refractivity contribution is 5.79. The lowest BCUT2D eigenvalue weighted by Crippen LogP contribution is -2.27. The van der Waals surface area contributed by atoms with Crippen molar-refractivity contribution in [3.63, 3.8) is 0 Å². The van der Waals surface area contributed by atoms with Gasteiger partial charge in [0.2, 0.25) is 5.91 Å². The Morgan fingerprint density at radius 3 is 2.44 bits per heavy atom. The number of amidine groups is 1. The molecule has 0 atom stereocenters. The second-order valence-electron chi connectivity index (χ2n) is 3.68. The molecule has 0 aromatic rings. The summed E-state index contributed by atoms with van der Waals surface area (Å²) in [6.45, 7) is 2.10. The number of aliphatic hydroxyl groups is 1. The van der Waals surface area contributed by atoms with E-state index in [1.54, 1.807) is 0 Å². The Hall–Kier alpha value is -1.18. The Bertz CT molecular complexity index is 236. The van der Waals surface area contributed by atoms with E-state index in [1.165, 1.54) is 0 Å². The molecule has 1 amide bonds. The molecular formula is C11H23N3O4. The number of aliphatic hydroxyl groups excluding tert-OH is 1. The normalized spacial score (nSPS) is 10.3. The molecule has 5 N–H and O–H groups in total. The molecule has 18 heavy (non-hydrogen) atoms. The summed E-state index contributed by atoms with van der Waals surface area (Å²) < 4.78 is 10.2. The third-order valence-electron chi connectivity index (χ3n) is 2.03. The fourth-order valence-electron chi connectivity index (χ4n) is 1.18. The van der Waals surface area contributed by atoms with Crippen LogP contribution in [0.25, 0.3) is 0 Å². The molecular weight excluding hydrogens is 238 g/mol. The maximum atomic E-state index is 11.3. The summed E-state index contributed by atoms with van der Waals surface area (Å²) in [6.07, 6.45) is 1.42. The van der Waals surface area contributed by atoms with E-state index in [9.17, 15) is 4.79 Å². The van der Waals surface area contributed by atoms with Gasteiger partial charge in [0.25, 0.3) is 0 Å². The van der Waals surface area contributed by atoms with E-state index in [2.05, 4.69) is 5.32 Å². The molecule has 0 aromatic carbocycles. The number of amides is 1. The Kier molecular flexibility index (Phi) is 11.5. The standard InChI is InChI=1S/C11H23N3O4/c12-10(13)2-1-3-11(16)14-4-6-17-8-9-18-7-5-15/h15H,1-9H2,(H3,12,13)(H,14,16). The molecule has 0 aliphatic heterocycles. The quantitative estimate of drug-likeness (QED) is 0.209. The van der Waals surface area contributed by atoms with E-state index in [-0.39, 0.29) is 18.3 Å². The highest BCUT2D eigenvalue weighted by atomic mass is 16.5. The van der Waals surface area contributed by atoms with Gasteiger partial charge in [0.05, 0.1) is 38.9 Å². The number of hydrogen-bond acceptors (Lipinski definition) is 5. The van der Waals surface area contributed by atoms with Crippen molar-refractivity contribution in [2.75, 3.05) is 39.6 Å². The van der Waals surface area contributed by atoms with Crippen LogP contribution in [0.2, 0.25) is 0 Å². The fourth-order valence-corrected chi connectivity index (χ4v) is 1.18. The highest BCUT2D eigenvalue weighted by Crippen LogP contribution is 1.93. The van der Waals surface area contributed by atoms with Gasteiger partial charge in [-0.25, -0.2) is 0 Å². The Labute approximate surface area is 107 Å². The van der Waals surface area contributed by atoms with Crippen LogP contribution in [0.5, 0.6) is 0 Å². The summed E-state index contributed by atoms with van der Waals surface area (Å²) in [4.78, 5) is 11.3. The number of rotatable bonds is 12. The topological polar surface area (TPSA) is 118 Å². The predicted octanol–water partition coefficient (Wildman–Crippen LogP) is -0.766. The first-order chi connectivity index (χ1) is 8.66. The second-order valence-corrected chi connectivity index (χ2v) is 3.68. The van der Waals surface area contributed by atoms with Crippen LogP contribution in [0.1, 0.15) is 19.3 Å². The van der Waals surface area contributed by atoms with Crippen LogP contribution in [-0.4, -0.2) is 56.4 Å². The van der Waals surface area contributed by atoms with Crippen LogP contribution in [0, 0.1) is 5.41 Å². The van der Waals surface area contributed by atoms with Crippen molar-refractivity contribution >= 4 is 11.7 Å². The van der Waals surface area contributed by atoms with Crippen molar-refractivity contribution in [1.29, 1.82) is 5.41 Å². The average molecular weight is 261 g/mol. The number of carbonyl (C=O) groups excluding carboxylic acids is 1. The van der Waals surface area contributed by atoms with Crippen molar-refractivity contribution < 1.29 is 19.4 Å². The van der Waals surface area contributed by atoms with Gasteiger partial charge in [-0.1, -0.05) is 0 Å². The van der Waals surface area contributed by atoms with Crippen molar-refractivity contribution in [1.82, 2.24) is 5.32 Å². The van der Waals surface area contributed by atoms with Gasteiger partial charge in [0.15, 0.2) is 0 Å². The largest absolute Gasteiger partial charge is 0.394 e. The molecule has 0 aliphatic rings. The van der Waals surface area contributed by atoms with E-state index in [0.717, 1.165) is 0 Å². The fraction of sp³-hybridized carbons (Fsp3) is 0.818. The minimum Gasteiger partial charge on any atom is -0.394 e. The van der Waals surface area contributed by atoms with E-state index >= 15 is 0 Å². The zero-order valence-electron chi connectivity index (χ0n) is 10.6. The first-order valence-corrected chi connectivity index (χ1v) is 6.02. The van der Waals surface area contributed by atoms with E-state index in [0.29, 0.717) is 52.2 Å². The first kappa shape index (κ1) is 16.8. The molecule has 0 fully saturated rings. The van der Waals surface area contributed by atoms with Gasteiger partial charge < -0.3 is 25.6 Å². The zero-order valence-corrected chi connectivity index (χ0v) is 10.6. The summed E-state index contributed by atoms with van der Waals surface area (Å²) >= 11 is 0. The Balaban J connectivity index is 3.17. The first-order valence-electron chi connectivity index (χ1n) is 6.02. The summed E-state index contributed by atoms with van der Waals surface area (Å²) in [6, 6.07) is 0. The summed E-state index contributed by atoms with van der Waals surface area (Å²) in [5.74, 6) is 0.0467. The van der Waals surface area contributed by atoms with Crippen LogP contribution >= 0.6 is 0 Å². The molecule has 0 aromatic heterocycles. The maximum Gasteiger partial charge on any atom is 0.220 e. The third-order valence-corrected chi connectivity index (χ3v) is 2.03. The van der Waals surface area contributed by atoms with Crippen LogP contribution < -0.4 is 11.1 Å². The monoisotopic (exact) mass is 261 g/mol. The minimum atomic E-state index is -0.0589. The van der Waals surface area contributed by atoms with Crippen LogP contribution in [0.4, 0.5) is 0 Å². The lowest BCUT2D eigenvalue weighted by molar-refractivity contribution is -0.121. The highest BCUT2D eigenvalue weighted by Gasteiger charge is 2.00. The number of hydrogen-bond donors (Lipinski definition) is 4. The van der Waals surface area contributed by atoms with Gasteiger partial charge >= 0.3 is 0 Å². The maximum absolute atomic E-state index is 11.3. The van der Waals surface area contributed by atoms with E-state index in [1.807, 2.05) is 0 Å². The molecule has 0 spiro atoms. The van der Waals surface area contributed by atoms with Crippen LogP contribution in [0.15, 0.2) is 0 Å². The number of ether oxygens (including phenoxy) is 2. The predicted molar refractivity (Wildman–Crippen MR) is 67.5 cm³/mol. The third kappa shape index (κ3) is 12.9. The molecule has 0 radical (unpaired) electrons. The molecule has 0 saturated carbocycles. The van der Waals surface area contributed by atoms with Gasteiger partial charge in [-0.15, -0.1) is 0 Å². The van der Waals surface area contributed by atoms with Gasteiger partial charge in [0, 0.05) is 19.4 Å². The van der Waals surface area contributed by atoms with Crippen molar-refractivity contribution in [2.45, 2.75) is 19.3 Å². The van der Waals surface area contributed by atoms with Gasteiger partial charge in [0.1, 0.15) is 0 Å². The molecule has 0 rings (SSSR count). The SMILES string of the molecule is N=C(N)CCCC(=O)NCCOCCOCCO. The van der Waals surface area contributed by atoms with Gasteiger partial charge in [-0.3, -0.25) is 10.2 Å². The molecule has 7 nitrogen and oxygen atoms in total. The number of nitrogens with two attached hydrogens (primary N) is 1. The summed E-state index contributed by atoms with van der Waals surface area (Å²) in [7, 11) is 0. The van der Waals surface area contributed by atoms with Gasteiger partial charge in [-0.2, -0.15) is 0 Å². The number of nitrogens with one attached hydrogen (secondary N) is 2. The molecule has 7 heteroatoms. The van der Waals surface area contributed by atoms with Crippen LogP contribution in [-0.2, 0) is 14.3 Å². The molecule has 0 saturated heterocycles. The summed E-state index contributed by atoms with van der Waals surface area (Å²) in [5, 5.41) is 18.1. The second kappa shape index (κ2) is 12.3. The van der Waals surface area contributed by atoms with Crippen LogP contribution in [0.3, 0.4) is 0 Å². The average Bonchev–Trinajstić information content (AvgIpc) is 2.32. The Morgan fingerprint density at radius 1 is 1.17 bits per heavy atom. The van der Waals surface area contributed by atoms with E-state index < -0.39 is 0 Å². The molecule has 0 bridgehead atoms. The minimum absolute atomic E-state index is 0.0102. The number of carbonyl (C=O) groups is 1. The zero-order chi connectivity index (χ0) is 13.6. The van der Waals surface area contributed by atoms with Crippen molar-refractivity contribution in [2.24, 2.45) is 5.73 Å². The Morgan fingerprint density at radius 2 is 1.83 bits per heavy atom. The molecule has 0 aliphatic carbocycles. The lowest BCUT2D eigenvalue weighted by atomic mass is 10.2. The van der Waals surface area contributed by atoms with E-state index in [4.69, 9.17) is 25.7 Å².